The highest BCUT2D eigenvalue weighted by Crippen LogP contribution is 2.40. The smallest absolute Gasteiger partial charge is 0.0995 e. The van der Waals surface area contributed by atoms with E-state index in [1.165, 1.54) is 44.8 Å². The van der Waals surface area contributed by atoms with E-state index in [0.29, 0.717) is 0 Å². The molecule has 8 rings (SSSR count). The lowest BCUT2D eigenvalue weighted by molar-refractivity contribution is 0.297. The van der Waals surface area contributed by atoms with Gasteiger partial charge in [-0.1, -0.05) is 188 Å². The van der Waals surface area contributed by atoms with Gasteiger partial charge in [-0.2, -0.15) is 0 Å². The Kier molecular flexibility index (Phi) is 13.9. The summed E-state index contributed by atoms with van der Waals surface area (Å²) in [7, 11) is 1.98. The molecule has 4 nitrogen and oxygen atoms in total. The molecule has 0 aliphatic heterocycles. The van der Waals surface area contributed by atoms with Gasteiger partial charge in [0.05, 0.1) is 5.66 Å². The highest BCUT2D eigenvalue weighted by molar-refractivity contribution is 5.81. The largest absolute Gasteiger partial charge is 0.362 e. The number of benzene rings is 5. The molecule has 0 spiro atoms. The van der Waals surface area contributed by atoms with Crippen LogP contribution in [0.4, 0.5) is 5.69 Å². The highest BCUT2D eigenvalue weighted by Gasteiger charge is 2.37. The molecule has 5 aromatic carbocycles. The number of allylic oxidation sites excluding steroid dienone is 13. The Balaban J connectivity index is 1.03. The van der Waals surface area contributed by atoms with Crippen molar-refractivity contribution in [2.24, 2.45) is 5.73 Å². The number of hydrogen-bond acceptors (Lipinski definition) is 4. The van der Waals surface area contributed by atoms with Crippen LogP contribution in [0.15, 0.2) is 224 Å². The van der Waals surface area contributed by atoms with Gasteiger partial charge in [0.1, 0.15) is 0 Å². The van der Waals surface area contributed by atoms with Gasteiger partial charge in [-0.3, -0.25) is 5.32 Å². The maximum Gasteiger partial charge on any atom is 0.0995 e. The quantitative estimate of drug-likeness (QED) is 0.0707. The highest BCUT2D eigenvalue weighted by atomic mass is 15.1. The lowest BCUT2D eigenvalue weighted by Crippen LogP contribution is -2.53. The first-order chi connectivity index (χ1) is 30.5. The first-order valence-electron chi connectivity index (χ1n) is 22.3. The summed E-state index contributed by atoms with van der Waals surface area (Å²) in [5, 5.41) is 11.0. The van der Waals surface area contributed by atoms with E-state index in [2.05, 4.69) is 223 Å². The first-order valence-corrected chi connectivity index (χ1v) is 22.3. The van der Waals surface area contributed by atoms with Crippen molar-refractivity contribution < 1.29 is 0 Å². The predicted molar refractivity (Wildman–Crippen MR) is 263 cm³/mol. The molecule has 5 N–H and O–H groups in total. The number of likely N-dealkylation sites (N-methyl/N-ethyl adjacent to an activating group) is 1. The van der Waals surface area contributed by atoms with E-state index in [1.54, 1.807) is 0 Å². The molecular formula is C58H60N4. The van der Waals surface area contributed by atoms with Gasteiger partial charge in [0.2, 0.25) is 0 Å². The summed E-state index contributed by atoms with van der Waals surface area (Å²) in [5.74, 6) is 0.367. The Morgan fingerprint density at radius 2 is 1.56 bits per heavy atom. The van der Waals surface area contributed by atoms with Crippen molar-refractivity contribution in [3.8, 4) is 0 Å². The lowest BCUT2D eigenvalue weighted by atomic mass is 9.76. The van der Waals surface area contributed by atoms with Crippen LogP contribution < -0.4 is 21.7 Å². The van der Waals surface area contributed by atoms with Crippen LogP contribution in [0.3, 0.4) is 0 Å². The van der Waals surface area contributed by atoms with Crippen LogP contribution in [0.1, 0.15) is 96.1 Å². The lowest BCUT2D eigenvalue weighted by Gasteiger charge is -2.39. The topological polar surface area (TPSA) is 62.1 Å². The molecule has 0 heterocycles. The molecule has 0 radical (unpaired) electrons. The van der Waals surface area contributed by atoms with Crippen LogP contribution in [0.5, 0.6) is 0 Å². The van der Waals surface area contributed by atoms with Crippen molar-refractivity contribution in [2.75, 3.05) is 12.4 Å². The van der Waals surface area contributed by atoms with Gasteiger partial charge in [-0.05, 0) is 115 Å². The summed E-state index contributed by atoms with van der Waals surface area (Å²) >= 11 is 0. The normalized spacial score (nSPS) is 18.1. The van der Waals surface area contributed by atoms with Crippen molar-refractivity contribution in [1.82, 2.24) is 10.6 Å². The van der Waals surface area contributed by atoms with E-state index in [4.69, 9.17) is 5.73 Å². The third-order valence-corrected chi connectivity index (χ3v) is 12.7. The molecule has 5 aromatic rings. The second kappa shape index (κ2) is 20.4. The van der Waals surface area contributed by atoms with Crippen molar-refractivity contribution in [3.05, 3.63) is 257 Å². The maximum absolute atomic E-state index is 7.47. The summed E-state index contributed by atoms with van der Waals surface area (Å²) < 4.78 is 0. The standard InChI is InChI=1S/C58H60N4/c1-43(45-21-10-4-11-22-45)39-51(46-31-34-52(35-32-46)58(59,60-2)56(48-25-14-6-15-26-48)40-44-19-8-3-9-20-44)37-38-61-54-30-18-27-49(41-54)50-33-36-57(62-53-28-16-7-17-29-53)55(42-50)47-23-12-5-13-24-47/h4-8,10-16,18-28,30-32,34-38,41-42,50-51,56,60-62H,1,3,9,17,29,33,39-40,59H2,2H3/b38-37-/t50?,51?,56?,58-/m1/s1. The predicted octanol–water partition coefficient (Wildman–Crippen LogP) is 13.6. The number of anilines is 1. The summed E-state index contributed by atoms with van der Waals surface area (Å²) in [4.78, 5) is 0. The number of nitrogens with one attached hydrogen (secondary N) is 3. The zero-order chi connectivity index (χ0) is 42.6. The van der Waals surface area contributed by atoms with E-state index in [1.807, 2.05) is 7.05 Å². The monoisotopic (exact) mass is 812 g/mol. The fourth-order valence-electron chi connectivity index (χ4n) is 9.10. The minimum Gasteiger partial charge on any atom is -0.362 e. The van der Waals surface area contributed by atoms with E-state index in [0.717, 1.165) is 67.3 Å². The Morgan fingerprint density at radius 1 is 0.806 bits per heavy atom. The Bertz CT molecular complexity index is 2500. The van der Waals surface area contributed by atoms with Crippen LogP contribution in [0.25, 0.3) is 11.1 Å². The molecule has 0 saturated heterocycles. The minimum absolute atomic E-state index is 0.0303. The van der Waals surface area contributed by atoms with Crippen LogP contribution >= 0.6 is 0 Å². The molecule has 0 fully saturated rings. The second-order valence-corrected chi connectivity index (χ2v) is 16.8. The second-order valence-electron chi connectivity index (χ2n) is 16.8. The van der Waals surface area contributed by atoms with Crippen LogP contribution in [0, 0.1) is 0 Å². The van der Waals surface area contributed by atoms with Gasteiger partial charge in [-0.15, -0.1) is 0 Å². The van der Waals surface area contributed by atoms with E-state index in [-0.39, 0.29) is 17.8 Å². The molecule has 62 heavy (non-hydrogen) atoms. The van der Waals surface area contributed by atoms with Gasteiger partial charge in [-0.25, -0.2) is 0 Å². The van der Waals surface area contributed by atoms with E-state index >= 15 is 0 Å². The molecule has 0 amide bonds. The molecule has 0 aromatic heterocycles. The van der Waals surface area contributed by atoms with Crippen LogP contribution in [-0.2, 0) is 5.66 Å². The molecule has 312 valence electrons. The number of nitrogens with two attached hydrogens (primary N) is 1. The van der Waals surface area contributed by atoms with E-state index < -0.39 is 5.66 Å². The van der Waals surface area contributed by atoms with Crippen molar-refractivity contribution in [1.29, 1.82) is 0 Å². The zero-order valence-corrected chi connectivity index (χ0v) is 36.0. The van der Waals surface area contributed by atoms with Crippen LogP contribution in [0.2, 0.25) is 0 Å². The third-order valence-electron chi connectivity index (χ3n) is 12.7. The number of hydrogen-bond donors (Lipinski definition) is 4. The third kappa shape index (κ3) is 10.3. The summed E-state index contributed by atoms with van der Waals surface area (Å²) in [6.07, 6.45) is 29.5. The summed E-state index contributed by atoms with van der Waals surface area (Å²) in [5.41, 5.74) is 21.1. The van der Waals surface area contributed by atoms with Crippen molar-refractivity contribution in [2.45, 2.75) is 68.4 Å². The Labute approximate surface area is 369 Å². The minimum atomic E-state index is -0.786. The zero-order valence-electron chi connectivity index (χ0n) is 36.0. The number of rotatable bonds is 17. The molecular weight excluding hydrogens is 753 g/mol. The Morgan fingerprint density at radius 3 is 2.27 bits per heavy atom. The average Bonchev–Trinajstić information content (AvgIpc) is 3.34. The molecule has 3 aliphatic rings. The molecule has 4 atom stereocenters. The molecule has 3 unspecified atom stereocenters. The van der Waals surface area contributed by atoms with Gasteiger partial charge >= 0.3 is 0 Å². The van der Waals surface area contributed by atoms with E-state index in [9.17, 15) is 0 Å². The molecule has 3 aliphatic carbocycles. The fourth-order valence-corrected chi connectivity index (χ4v) is 9.10. The average molecular weight is 813 g/mol. The van der Waals surface area contributed by atoms with Gasteiger partial charge < -0.3 is 16.4 Å². The molecule has 0 saturated carbocycles. The summed E-state index contributed by atoms with van der Waals surface area (Å²) in [6.45, 7) is 4.55. The van der Waals surface area contributed by atoms with Crippen LogP contribution in [-0.4, -0.2) is 7.05 Å². The first kappa shape index (κ1) is 42.2. The van der Waals surface area contributed by atoms with Crippen molar-refractivity contribution >= 4 is 16.8 Å². The Hall–Kier alpha value is -6.46. The molecule has 4 heteroatoms. The van der Waals surface area contributed by atoms with Gasteiger partial charge in [0.25, 0.3) is 0 Å². The van der Waals surface area contributed by atoms with Gasteiger partial charge in [0, 0.05) is 40.4 Å². The van der Waals surface area contributed by atoms with Gasteiger partial charge in [0.15, 0.2) is 0 Å². The fraction of sp³-hybridized carbons (Fsp3) is 0.207. The summed E-state index contributed by atoms with van der Waals surface area (Å²) in [6, 6.07) is 49.8. The maximum atomic E-state index is 7.47. The SMILES string of the molecule is C=C(CC(/C=C\Nc1cccc(C2C=C(c3ccccc3)C(NC3=CC=CCC3)=CC2)c1)c1ccc([C@@](N)(NC)C(CC2=CCCC=C2)c2ccccc2)cc1)c1ccccc1. The van der Waals surface area contributed by atoms with Crippen molar-refractivity contribution in [3.63, 3.8) is 0 Å². The molecule has 0 bridgehead atoms.